The van der Waals surface area contributed by atoms with Crippen molar-refractivity contribution in [2.75, 3.05) is 13.1 Å². The summed E-state index contributed by atoms with van der Waals surface area (Å²) in [6.45, 7) is 8.75. The van der Waals surface area contributed by atoms with Crippen molar-refractivity contribution < 1.29 is 0 Å². The van der Waals surface area contributed by atoms with Crippen molar-refractivity contribution in [3.05, 3.63) is 42.0 Å². The molecule has 1 aromatic rings. The Morgan fingerprint density at radius 1 is 1.05 bits per heavy atom. The van der Waals surface area contributed by atoms with E-state index in [1.54, 1.807) is 0 Å². The third-order valence-corrected chi connectivity index (χ3v) is 3.35. The van der Waals surface area contributed by atoms with Gasteiger partial charge in [0.2, 0.25) is 0 Å². The molecule has 0 aliphatic carbocycles. The second-order valence-electron chi connectivity index (χ2n) is 6.43. The molecular formula is C18H26N2. The van der Waals surface area contributed by atoms with Crippen LogP contribution in [0.1, 0.15) is 45.6 Å². The minimum atomic E-state index is -0.0339. The Hall–Kier alpha value is -1.57. The SMILES string of the molecule is CC(C)(C)N=C(/C=C/c1ccccc1)N1CCCCC1. The van der Waals surface area contributed by atoms with Crippen molar-refractivity contribution >= 4 is 11.9 Å². The second kappa shape index (κ2) is 6.74. The molecule has 0 bridgehead atoms. The van der Waals surface area contributed by atoms with E-state index in [-0.39, 0.29) is 5.54 Å². The lowest BCUT2D eigenvalue weighted by Gasteiger charge is -2.30. The van der Waals surface area contributed by atoms with Gasteiger partial charge in [0.05, 0.1) is 5.54 Å². The van der Waals surface area contributed by atoms with Crippen molar-refractivity contribution in [2.24, 2.45) is 4.99 Å². The summed E-state index contributed by atoms with van der Waals surface area (Å²) in [5, 5.41) is 0. The van der Waals surface area contributed by atoms with Crippen LogP contribution in [0, 0.1) is 0 Å². The van der Waals surface area contributed by atoms with Gasteiger partial charge in [0.15, 0.2) is 0 Å². The van der Waals surface area contributed by atoms with Gasteiger partial charge in [-0.15, -0.1) is 0 Å². The Labute approximate surface area is 123 Å². The number of amidine groups is 1. The Morgan fingerprint density at radius 3 is 2.30 bits per heavy atom. The van der Waals surface area contributed by atoms with E-state index < -0.39 is 0 Å². The minimum Gasteiger partial charge on any atom is -0.357 e. The Bertz CT molecular complexity index is 460. The molecule has 0 spiro atoms. The molecule has 0 amide bonds. The standard InChI is InChI=1S/C18H26N2/c1-18(2,3)19-17(20-14-8-5-9-15-20)13-12-16-10-6-4-7-11-16/h4,6-7,10-13H,5,8-9,14-15H2,1-3H3/b13-12+,19-17?. The zero-order chi connectivity index (χ0) is 14.4. The molecule has 1 aromatic carbocycles. The fourth-order valence-electron chi connectivity index (χ4n) is 2.41. The highest BCUT2D eigenvalue weighted by atomic mass is 15.2. The number of nitrogens with zero attached hydrogens (tertiary/aromatic N) is 2. The van der Waals surface area contributed by atoms with Crippen LogP contribution in [-0.2, 0) is 0 Å². The minimum absolute atomic E-state index is 0.0339. The predicted octanol–water partition coefficient (Wildman–Crippen LogP) is 4.38. The number of piperidine rings is 1. The molecule has 0 unspecified atom stereocenters. The number of benzene rings is 1. The third-order valence-electron chi connectivity index (χ3n) is 3.35. The highest BCUT2D eigenvalue weighted by Gasteiger charge is 2.16. The zero-order valence-electron chi connectivity index (χ0n) is 13.0. The predicted molar refractivity (Wildman–Crippen MR) is 88.1 cm³/mol. The summed E-state index contributed by atoms with van der Waals surface area (Å²) in [6, 6.07) is 10.4. The van der Waals surface area contributed by atoms with E-state index in [1.165, 1.54) is 24.8 Å². The van der Waals surface area contributed by atoms with Gasteiger partial charge in [0.25, 0.3) is 0 Å². The molecule has 1 aliphatic heterocycles. The summed E-state index contributed by atoms with van der Waals surface area (Å²) < 4.78 is 0. The number of hydrogen-bond donors (Lipinski definition) is 0. The molecule has 20 heavy (non-hydrogen) atoms. The quantitative estimate of drug-likeness (QED) is 0.575. The average molecular weight is 270 g/mol. The van der Waals surface area contributed by atoms with Crippen molar-refractivity contribution in [1.82, 2.24) is 4.90 Å². The van der Waals surface area contributed by atoms with Gasteiger partial charge in [0, 0.05) is 13.1 Å². The lowest BCUT2D eigenvalue weighted by Crippen LogP contribution is -2.36. The highest BCUT2D eigenvalue weighted by molar-refractivity contribution is 5.96. The molecule has 1 heterocycles. The number of likely N-dealkylation sites (tertiary alicyclic amines) is 1. The van der Waals surface area contributed by atoms with Crippen LogP contribution >= 0.6 is 0 Å². The van der Waals surface area contributed by atoms with Crippen molar-refractivity contribution in [1.29, 1.82) is 0 Å². The molecule has 2 nitrogen and oxygen atoms in total. The van der Waals surface area contributed by atoms with Gasteiger partial charge in [-0.1, -0.05) is 36.4 Å². The molecule has 2 heteroatoms. The first-order valence-corrected chi connectivity index (χ1v) is 7.62. The summed E-state index contributed by atoms with van der Waals surface area (Å²) >= 11 is 0. The fourth-order valence-corrected chi connectivity index (χ4v) is 2.41. The van der Waals surface area contributed by atoms with Gasteiger partial charge in [0.1, 0.15) is 5.84 Å². The maximum Gasteiger partial charge on any atom is 0.123 e. The van der Waals surface area contributed by atoms with Crippen LogP contribution in [0.25, 0.3) is 6.08 Å². The fraction of sp³-hybridized carbons (Fsp3) is 0.500. The van der Waals surface area contributed by atoms with Gasteiger partial charge < -0.3 is 4.90 Å². The average Bonchev–Trinajstić information content (AvgIpc) is 2.44. The zero-order valence-corrected chi connectivity index (χ0v) is 13.0. The van der Waals surface area contributed by atoms with Crippen LogP contribution < -0.4 is 0 Å². The van der Waals surface area contributed by atoms with Crippen LogP contribution in [0.15, 0.2) is 41.4 Å². The molecule has 2 rings (SSSR count). The van der Waals surface area contributed by atoms with E-state index in [0.717, 1.165) is 18.9 Å². The molecule has 1 aliphatic rings. The number of hydrogen-bond acceptors (Lipinski definition) is 1. The van der Waals surface area contributed by atoms with Gasteiger partial charge >= 0.3 is 0 Å². The Balaban J connectivity index is 2.18. The van der Waals surface area contributed by atoms with E-state index >= 15 is 0 Å². The van der Waals surface area contributed by atoms with Crippen LogP contribution in [0.5, 0.6) is 0 Å². The van der Waals surface area contributed by atoms with Crippen molar-refractivity contribution in [3.8, 4) is 0 Å². The smallest absolute Gasteiger partial charge is 0.123 e. The Kier molecular flexibility index (Phi) is 4.99. The maximum absolute atomic E-state index is 4.90. The van der Waals surface area contributed by atoms with Gasteiger partial charge in [-0.05, 0) is 51.7 Å². The summed E-state index contributed by atoms with van der Waals surface area (Å²) in [5.41, 5.74) is 1.19. The largest absolute Gasteiger partial charge is 0.357 e. The Morgan fingerprint density at radius 2 is 1.70 bits per heavy atom. The van der Waals surface area contributed by atoms with E-state index in [9.17, 15) is 0 Å². The molecule has 0 saturated carbocycles. The summed E-state index contributed by atoms with van der Waals surface area (Å²) in [7, 11) is 0. The first-order valence-electron chi connectivity index (χ1n) is 7.62. The molecule has 1 fully saturated rings. The van der Waals surface area contributed by atoms with Crippen LogP contribution in [-0.4, -0.2) is 29.4 Å². The van der Waals surface area contributed by atoms with Gasteiger partial charge in [-0.25, -0.2) is 0 Å². The topological polar surface area (TPSA) is 15.6 Å². The molecule has 0 N–H and O–H groups in total. The second-order valence-corrected chi connectivity index (χ2v) is 6.43. The van der Waals surface area contributed by atoms with E-state index in [0.29, 0.717) is 0 Å². The molecular weight excluding hydrogens is 244 g/mol. The first kappa shape index (κ1) is 14.8. The number of rotatable bonds is 2. The normalized spacial score (nSPS) is 17.8. The van der Waals surface area contributed by atoms with Crippen molar-refractivity contribution in [2.45, 2.75) is 45.6 Å². The van der Waals surface area contributed by atoms with E-state index in [4.69, 9.17) is 4.99 Å². The molecule has 108 valence electrons. The first-order chi connectivity index (χ1) is 9.54. The van der Waals surface area contributed by atoms with Crippen LogP contribution in [0.3, 0.4) is 0 Å². The number of aliphatic imine (C=N–C) groups is 1. The molecule has 0 radical (unpaired) electrons. The van der Waals surface area contributed by atoms with Crippen LogP contribution in [0.4, 0.5) is 0 Å². The van der Waals surface area contributed by atoms with Gasteiger partial charge in [-0.3, -0.25) is 4.99 Å². The molecule has 0 aromatic heterocycles. The highest BCUT2D eigenvalue weighted by Crippen LogP contribution is 2.15. The van der Waals surface area contributed by atoms with Gasteiger partial charge in [-0.2, -0.15) is 0 Å². The van der Waals surface area contributed by atoms with E-state index in [1.807, 2.05) is 6.07 Å². The molecule has 0 atom stereocenters. The van der Waals surface area contributed by atoms with Crippen LogP contribution in [0.2, 0.25) is 0 Å². The monoisotopic (exact) mass is 270 g/mol. The third kappa shape index (κ3) is 4.84. The summed E-state index contributed by atoms with van der Waals surface area (Å²) in [6.07, 6.45) is 8.25. The van der Waals surface area contributed by atoms with Crippen molar-refractivity contribution in [3.63, 3.8) is 0 Å². The summed E-state index contributed by atoms with van der Waals surface area (Å²) in [5.74, 6) is 1.13. The lowest BCUT2D eigenvalue weighted by atomic mass is 10.1. The maximum atomic E-state index is 4.90. The summed E-state index contributed by atoms with van der Waals surface area (Å²) in [4.78, 5) is 7.33. The van der Waals surface area contributed by atoms with E-state index in [2.05, 4.69) is 62.1 Å². The lowest BCUT2D eigenvalue weighted by molar-refractivity contribution is 0.339. The molecule has 1 saturated heterocycles.